The molecule has 1 amide bonds. The molecule has 0 radical (unpaired) electrons. The van der Waals surface area contributed by atoms with Gasteiger partial charge in [-0.3, -0.25) is 4.79 Å². The van der Waals surface area contributed by atoms with Crippen molar-refractivity contribution in [3.8, 4) is 0 Å². The van der Waals surface area contributed by atoms with Gasteiger partial charge >= 0.3 is 5.97 Å². The van der Waals surface area contributed by atoms with E-state index < -0.39 is 12.0 Å². The molecule has 1 unspecified atom stereocenters. The number of methoxy groups -OCH3 is 1. The van der Waals surface area contributed by atoms with Crippen LogP contribution in [0.4, 0.5) is 0 Å². The van der Waals surface area contributed by atoms with Gasteiger partial charge < -0.3 is 10.1 Å². The molecule has 0 saturated heterocycles. The first-order valence-corrected chi connectivity index (χ1v) is 5.83. The van der Waals surface area contributed by atoms with Crippen LogP contribution in [0.3, 0.4) is 0 Å². The standard InChI is InChI=1S/C12H15ClN2O3/c1-7(2)10(12(17)18-3)15-11(16)8-4-5-14-9(13)6-8/h4-7,10H,1-3H3,(H,15,16). The zero-order valence-corrected chi connectivity index (χ0v) is 11.2. The van der Waals surface area contributed by atoms with Crippen LogP contribution in [0.15, 0.2) is 18.3 Å². The number of carbonyl (C=O) groups excluding carboxylic acids is 2. The fourth-order valence-electron chi connectivity index (χ4n) is 1.39. The highest BCUT2D eigenvalue weighted by atomic mass is 35.5. The van der Waals surface area contributed by atoms with Gasteiger partial charge in [0, 0.05) is 11.8 Å². The number of halogens is 1. The SMILES string of the molecule is COC(=O)C(NC(=O)c1ccnc(Cl)c1)C(C)C. The van der Waals surface area contributed by atoms with Crippen molar-refractivity contribution in [1.29, 1.82) is 0 Å². The number of nitrogens with zero attached hydrogens (tertiary/aromatic N) is 1. The molecule has 0 fully saturated rings. The summed E-state index contributed by atoms with van der Waals surface area (Å²) in [6, 6.07) is 2.27. The van der Waals surface area contributed by atoms with Gasteiger partial charge in [0.25, 0.3) is 5.91 Å². The maximum atomic E-state index is 11.9. The van der Waals surface area contributed by atoms with Crippen LogP contribution in [0.5, 0.6) is 0 Å². The minimum Gasteiger partial charge on any atom is -0.467 e. The molecule has 5 nitrogen and oxygen atoms in total. The van der Waals surface area contributed by atoms with Crippen LogP contribution in [0, 0.1) is 5.92 Å². The Bertz CT molecular complexity index is 449. The number of esters is 1. The van der Waals surface area contributed by atoms with Crippen LogP contribution in [0.2, 0.25) is 5.15 Å². The third-order valence-electron chi connectivity index (χ3n) is 2.40. The van der Waals surface area contributed by atoms with E-state index in [1.54, 1.807) is 0 Å². The number of hydrogen-bond acceptors (Lipinski definition) is 4. The van der Waals surface area contributed by atoms with Crippen molar-refractivity contribution in [2.24, 2.45) is 5.92 Å². The Labute approximate surface area is 110 Å². The Hall–Kier alpha value is -1.62. The highest BCUT2D eigenvalue weighted by Crippen LogP contribution is 2.09. The zero-order chi connectivity index (χ0) is 13.7. The molecule has 0 aliphatic carbocycles. The summed E-state index contributed by atoms with van der Waals surface area (Å²) in [5.41, 5.74) is 0.351. The van der Waals surface area contributed by atoms with Gasteiger partial charge in [-0.2, -0.15) is 0 Å². The molecule has 0 aliphatic rings. The second-order valence-corrected chi connectivity index (χ2v) is 4.47. The van der Waals surface area contributed by atoms with Crippen LogP contribution >= 0.6 is 11.6 Å². The Morgan fingerprint density at radius 1 is 1.44 bits per heavy atom. The smallest absolute Gasteiger partial charge is 0.328 e. The first-order valence-electron chi connectivity index (χ1n) is 5.46. The maximum absolute atomic E-state index is 11.9. The average Bonchev–Trinajstić information content (AvgIpc) is 2.34. The van der Waals surface area contributed by atoms with Gasteiger partial charge in [-0.05, 0) is 18.1 Å². The first kappa shape index (κ1) is 14.4. The molecule has 0 spiro atoms. The Kier molecular flexibility index (Phi) is 5.09. The van der Waals surface area contributed by atoms with Crippen molar-refractivity contribution >= 4 is 23.5 Å². The van der Waals surface area contributed by atoms with Crippen LogP contribution in [0.25, 0.3) is 0 Å². The summed E-state index contributed by atoms with van der Waals surface area (Å²) in [5, 5.41) is 2.83. The van der Waals surface area contributed by atoms with Crippen LogP contribution in [-0.2, 0) is 9.53 Å². The van der Waals surface area contributed by atoms with E-state index in [0.717, 1.165) is 0 Å². The van der Waals surface area contributed by atoms with E-state index in [-0.39, 0.29) is 17.0 Å². The first-order chi connectivity index (χ1) is 8.45. The van der Waals surface area contributed by atoms with Crippen molar-refractivity contribution in [2.75, 3.05) is 7.11 Å². The monoisotopic (exact) mass is 270 g/mol. The normalized spacial score (nSPS) is 12.1. The predicted molar refractivity (Wildman–Crippen MR) is 67.4 cm³/mol. The molecular formula is C12H15ClN2O3. The number of rotatable bonds is 4. The van der Waals surface area contributed by atoms with Gasteiger partial charge in [-0.15, -0.1) is 0 Å². The molecule has 1 N–H and O–H groups in total. The summed E-state index contributed by atoms with van der Waals surface area (Å²) in [6.45, 7) is 3.64. The second-order valence-electron chi connectivity index (χ2n) is 4.09. The zero-order valence-electron chi connectivity index (χ0n) is 10.4. The number of hydrogen-bond donors (Lipinski definition) is 1. The van der Waals surface area contributed by atoms with E-state index in [9.17, 15) is 9.59 Å². The highest BCUT2D eigenvalue weighted by molar-refractivity contribution is 6.29. The van der Waals surface area contributed by atoms with Gasteiger partial charge in [-0.25, -0.2) is 9.78 Å². The summed E-state index contributed by atoms with van der Waals surface area (Å²) in [5.74, 6) is -0.930. The van der Waals surface area contributed by atoms with Gasteiger partial charge in [-0.1, -0.05) is 25.4 Å². The number of nitrogens with one attached hydrogen (secondary N) is 1. The molecule has 0 aromatic carbocycles. The lowest BCUT2D eigenvalue weighted by Crippen LogP contribution is -2.45. The summed E-state index contributed by atoms with van der Waals surface area (Å²) >= 11 is 5.70. The van der Waals surface area contributed by atoms with E-state index in [1.165, 1.54) is 25.4 Å². The van der Waals surface area contributed by atoms with Gasteiger partial charge in [0.05, 0.1) is 7.11 Å². The minimum atomic E-state index is -0.686. The molecule has 0 aliphatic heterocycles. The summed E-state index contributed by atoms with van der Waals surface area (Å²) in [6.07, 6.45) is 1.43. The molecule has 6 heteroatoms. The average molecular weight is 271 g/mol. The lowest BCUT2D eigenvalue weighted by molar-refractivity contribution is -0.144. The quantitative estimate of drug-likeness (QED) is 0.667. The molecule has 1 heterocycles. The number of aromatic nitrogens is 1. The predicted octanol–water partition coefficient (Wildman–Crippen LogP) is 1.66. The summed E-state index contributed by atoms with van der Waals surface area (Å²) in [7, 11) is 1.28. The number of ether oxygens (including phenoxy) is 1. The van der Waals surface area contributed by atoms with Crippen LogP contribution in [-0.4, -0.2) is 30.0 Å². The second kappa shape index (κ2) is 6.35. The third-order valence-corrected chi connectivity index (χ3v) is 2.60. The van der Waals surface area contributed by atoms with Crippen molar-refractivity contribution in [3.05, 3.63) is 29.0 Å². The van der Waals surface area contributed by atoms with E-state index in [0.29, 0.717) is 5.56 Å². The molecule has 1 aromatic heterocycles. The Balaban J connectivity index is 2.82. The summed E-state index contributed by atoms with van der Waals surface area (Å²) in [4.78, 5) is 27.2. The topological polar surface area (TPSA) is 68.3 Å². The summed E-state index contributed by atoms with van der Waals surface area (Å²) < 4.78 is 4.64. The lowest BCUT2D eigenvalue weighted by atomic mass is 10.0. The number of pyridine rings is 1. The van der Waals surface area contributed by atoms with Gasteiger partial charge in [0.15, 0.2) is 0 Å². The molecule has 98 valence electrons. The van der Waals surface area contributed by atoms with Crippen molar-refractivity contribution in [1.82, 2.24) is 10.3 Å². The van der Waals surface area contributed by atoms with Crippen molar-refractivity contribution in [2.45, 2.75) is 19.9 Å². The molecule has 1 aromatic rings. The van der Waals surface area contributed by atoms with Crippen LogP contribution < -0.4 is 5.32 Å². The maximum Gasteiger partial charge on any atom is 0.328 e. The Morgan fingerprint density at radius 2 is 2.11 bits per heavy atom. The van der Waals surface area contributed by atoms with Crippen LogP contribution in [0.1, 0.15) is 24.2 Å². The van der Waals surface area contributed by atoms with Gasteiger partial charge in [0.2, 0.25) is 0 Å². The highest BCUT2D eigenvalue weighted by Gasteiger charge is 2.25. The number of amides is 1. The molecule has 18 heavy (non-hydrogen) atoms. The fraction of sp³-hybridized carbons (Fsp3) is 0.417. The fourth-order valence-corrected chi connectivity index (χ4v) is 1.57. The largest absolute Gasteiger partial charge is 0.467 e. The molecular weight excluding hydrogens is 256 g/mol. The lowest BCUT2D eigenvalue weighted by Gasteiger charge is -2.19. The Morgan fingerprint density at radius 3 is 2.61 bits per heavy atom. The van der Waals surface area contributed by atoms with E-state index in [2.05, 4.69) is 15.0 Å². The van der Waals surface area contributed by atoms with Crippen molar-refractivity contribution < 1.29 is 14.3 Å². The third kappa shape index (κ3) is 3.70. The molecule has 0 bridgehead atoms. The number of carbonyl (C=O) groups is 2. The molecule has 1 rings (SSSR count). The van der Waals surface area contributed by atoms with Gasteiger partial charge in [0.1, 0.15) is 11.2 Å². The minimum absolute atomic E-state index is 0.0706. The van der Waals surface area contributed by atoms with E-state index >= 15 is 0 Å². The van der Waals surface area contributed by atoms with E-state index in [1.807, 2.05) is 13.8 Å². The molecule has 1 atom stereocenters. The molecule has 0 saturated carbocycles. The van der Waals surface area contributed by atoms with E-state index in [4.69, 9.17) is 11.6 Å². The van der Waals surface area contributed by atoms with Crippen molar-refractivity contribution in [3.63, 3.8) is 0 Å².